The second kappa shape index (κ2) is 8.33. The van der Waals surface area contributed by atoms with Crippen LogP contribution in [0.3, 0.4) is 0 Å². The molecule has 0 aromatic heterocycles. The summed E-state index contributed by atoms with van der Waals surface area (Å²) in [5.74, 6) is 1.05. The number of nitrogens with one attached hydrogen (secondary N) is 1. The molecule has 6 heteroatoms. The lowest BCUT2D eigenvalue weighted by molar-refractivity contribution is -0.128. The van der Waals surface area contributed by atoms with Gasteiger partial charge in [0.2, 0.25) is 5.91 Å². The van der Waals surface area contributed by atoms with E-state index in [-0.39, 0.29) is 11.8 Å². The van der Waals surface area contributed by atoms with Crippen LogP contribution in [-0.2, 0) is 4.79 Å². The van der Waals surface area contributed by atoms with Crippen LogP contribution >= 0.6 is 0 Å². The second-order valence-corrected chi connectivity index (χ2v) is 7.08. The zero-order chi connectivity index (χ0) is 20.3. The van der Waals surface area contributed by atoms with Crippen molar-refractivity contribution in [2.45, 2.75) is 25.8 Å². The van der Waals surface area contributed by atoms with E-state index in [9.17, 15) is 9.59 Å². The van der Waals surface area contributed by atoms with Gasteiger partial charge in [-0.3, -0.25) is 9.59 Å². The summed E-state index contributed by atoms with van der Waals surface area (Å²) in [4.78, 5) is 27.5. The first kappa shape index (κ1) is 19.7. The molecule has 2 aromatic carbocycles. The van der Waals surface area contributed by atoms with Crippen LogP contribution in [0.5, 0.6) is 11.5 Å². The Morgan fingerprint density at radius 3 is 2.36 bits per heavy atom. The molecule has 6 nitrogen and oxygen atoms in total. The summed E-state index contributed by atoms with van der Waals surface area (Å²) < 4.78 is 10.5. The van der Waals surface area contributed by atoms with Gasteiger partial charge in [0, 0.05) is 18.7 Å². The number of hydrogen-bond donors (Lipinski definition) is 1. The molecule has 1 N–H and O–H groups in total. The summed E-state index contributed by atoms with van der Waals surface area (Å²) in [6.45, 7) is 5.11. The van der Waals surface area contributed by atoms with Crippen LogP contribution < -0.4 is 14.8 Å². The van der Waals surface area contributed by atoms with Gasteiger partial charge in [0.15, 0.2) is 11.5 Å². The number of benzene rings is 2. The van der Waals surface area contributed by atoms with E-state index < -0.39 is 6.04 Å². The van der Waals surface area contributed by atoms with E-state index in [1.807, 2.05) is 24.3 Å². The Morgan fingerprint density at radius 2 is 1.75 bits per heavy atom. The third kappa shape index (κ3) is 3.81. The number of ether oxygens (including phenoxy) is 2. The van der Waals surface area contributed by atoms with Crippen LogP contribution in [0.4, 0.5) is 0 Å². The molecule has 1 unspecified atom stereocenters. The number of piperazine rings is 1. The minimum Gasteiger partial charge on any atom is -0.493 e. The average Bonchev–Trinajstić information content (AvgIpc) is 2.72. The number of carbonyl (C=O) groups is 2. The molecule has 0 saturated carbocycles. The van der Waals surface area contributed by atoms with E-state index in [2.05, 4.69) is 19.2 Å². The topological polar surface area (TPSA) is 67.9 Å². The number of nitrogens with zero attached hydrogens (tertiary/aromatic N) is 1. The second-order valence-electron chi connectivity index (χ2n) is 7.08. The Bertz CT molecular complexity index is 861. The van der Waals surface area contributed by atoms with E-state index in [0.717, 1.165) is 5.56 Å². The van der Waals surface area contributed by atoms with Gasteiger partial charge in [-0.05, 0) is 35.2 Å². The summed E-state index contributed by atoms with van der Waals surface area (Å²) in [6, 6.07) is 12.3. The molecular weight excluding hydrogens is 356 g/mol. The number of rotatable bonds is 5. The predicted octanol–water partition coefficient (Wildman–Crippen LogP) is 3.14. The van der Waals surface area contributed by atoms with Gasteiger partial charge in [-0.1, -0.05) is 38.1 Å². The molecule has 1 atom stereocenters. The molecule has 0 aliphatic carbocycles. The Hall–Kier alpha value is -3.02. The quantitative estimate of drug-likeness (QED) is 0.863. The van der Waals surface area contributed by atoms with Crippen LogP contribution in [0.15, 0.2) is 42.5 Å². The van der Waals surface area contributed by atoms with Crippen molar-refractivity contribution in [2.75, 3.05) is 27.3 Å². The van der Waals surface area contributed by atoms with Gasteiger partial charge in [-0.15, -0.1) is 0 Å². The first-order valence-corrected chi connectivity index (χ1v) is 9.36. The van der Waals surface area contributed by atoms with Crippen LogP contribution in [-0.4, -0.2) is 44.0 Å². The van der Waals surface area contributed by atoms with Crippen molar-refractivity contribution in [2.24, 2.45) is 0 Å². The van der Waals surface area contributed by atoms with Crippen molar-refractivity contribution in [3.8, 4) is 11.5 Å². The summed E-state index contributed by atoms with van der Waals surface area (Å²) in [6.07, 6.45) is 0. The maximum absolute atomic E-state index is 13.2. The zero-order valence-electron chi connectivity index (χ0n) is 16.7. The molecule has 1 heterocycles. The van der Waals surface area contributed by atoms with Gasteiger partial charge in [0.1, 0.15) is 6.04 Å². The summed E-state index contributed by atoms with van der Waals surface area (Å²) in [7, 11) is 3.07. The number of carbonyl (C=O) groups excluding carboxylic acids is 2. The van der Waals surface area contributed by atoms with Gasteiger partial charge in [0.25, 0.3) is 5.91 Å². The fourth-order valence-corrected chi connectivity index (χ4v) is 3.42. The summed E-state index contributed by atoms with van der Waals surface area (Å²) in [5.41, 5.74) is 2.45. The maximum Gasteiger partial charge on any atom is 0.255 e. The van der Waals surface area contributed by atoms with Gasteiger partial charge in [-0.2, -0.15) is 0 Å². The highest BCUT2D eigenvalue weighted by Crippen LogP contribution is 2.31. The zero-order valence-corrected chi connectivity index (χ0v) is 16.7. The standard InChI is InChI=1S/C22H26N2O4/c1-14(2)15-5-7-16(8-6-15)20-21(25)23-11-12-24(20)22(26)17-9-10-18(27-3)19(13-17)28-4/h5-10,13-14,20H,11-12H2,1-4H3,(H,23,25). The van der Waals surface area contributed by atoms with Crippen molar-refractivity contribution in [1.82, 2.24) is 10.2 Å². The summed E-state index contributed by atoms with van der Waals surface area (Å²) in [5, 5.41) is 2.87. The Morgan fingerprint density at radius 1 is 1.07 bits per heavy atom. The number of methoxy groups -OCH3 is 2. The van der Waals surface area contributed by atoms with Crippen LogP contribution in [0.2, 0.25) is 0 Å². The summed E-state index contributed by atoms with van der Waals surface area (Å²) >= 11 is 0. The van der Waals surface area contributed by atoms with Crippen LogP contribution in [0.25, 0.3) is 0 Å². The first-order chi connectivity index (χ1) is 13.5. The third-order valence-corrected chi connectivity index (χ3v) is 5.02. The Labute approximate surface area is 165 Å². The molecule has 0 spiro atoms. The Kier molecular flexibility index (Phi) is 5.87. The third-order valence-electron chi connectivity index (χ3n) is 5.02. The van der Waals surface area contributed by atoms with E-state index in [0.29, 0.717) is 36.1 Å². The van der Waals surface area contributed by atoms with Crippen molar-refractivity contribution in [3.05, 3.63) is 59.2 Å². The number of hydrogen-bond acceptors (Lipinski definition) is 4. The fraction of sp³-hybridized carbons (Fsp3) is 0.364. The normalized spacial score (nSPS) is 16.7. The van der Waals surface area contributed by atoms with Gasteiger partial charge < -0.3 is 19.7 Å². The molecule has 1 saturated heterocycles. The largest absolute Gasteiger partial charge is 0.493 e. The molecule has 1 aliphatic rings. The van der Waals surface area contributed by atoms with Gasteiger partial charge in [-0.25, -0.2) is 0 Å². The smallest absolute Gasteiger partial charge is 0.255 e. The molecule has 2 aromatic rings. The van der Waals surface area contributed by atoms with E-state index in [1.54, 1.807) is 30.2 Å². The molecular formula is C22H26N2O4. The SMILES string of the molecule is COc1ccc(C(=O)N2CCNC(=O)C2c2ccc(C(C)C)cc2)cc1OC. The molecule has 0 radical (unpaired) electrons. The lowest BCUT2D eigenvalue weighted by atomic mass is 9.96. The average molecular weight is 382 g/mol. The minimum absolute atomic E-state index is 0.169. The molecule has 148 valence electrons. The minimum atomic E-state index is -0.657. The lowest BCUT2D eigenvalue weighted by Gasteiger charge is -2.35. The fourth-order valence-electron chi connectivity index (χ4n) is 3.42. The predicted molar refractivity (Wildman–Crippen MR) is 107 cm³/mol. The number of amides is 2. The van der Waals surface area contributed by atoms with E-state index >= 15 is 0 Å². The lowest BCUT2D eigenvalue weighted by Crippen LogP contribution is -2.52. The van der Waals surface area contributed by atoms with E-state index in [1.165, 1.54) is 12.7 Å². The maximum atomic E-state index is 13.2. The van der Waals surface area contributed by atoms with Gasteiger partial charge >= 0.3 is 0 Å². The van der Waals surface area contributed by atoms with Crippen molar-refractivity contribution in [3.63, 3.8) is 0 Å². The van der Waals surface area contributed by atoms with Crippen molar-refractivity contribution in [1.29, 1.82) is 0 Å². The monoisotopic (exact) mass is 382 g/mol. The van der Waals surface area contributed by atoms with Crippen molar-refractivity contribution < 1.29 is 19.1 Å². The van der Waals surface area contributed by atoms with E-state index in [4.69, 9.17) is 9.47 Å². The molecule has 28 heavy (non-hydrogen) atoms. The van der Waals surface area contributed by atoms with Crippen molar-refractivity contribution >= 4 is 11.8 Å². The molecule has 1 fully saturated rings. The highest BCUT2D eigenvalue weighted by molar-refractivity contribution is 5.99. The first-order valence-electron chi connectivity index (χ1n) is 9.36. The van der Waals surface area contributed by atoms with Crippen LogP contribution in [0, 0.1) is 0 Å². The van der Waals surface area contributed by atoms with Crippen LogP contribution in [0.1, 0.15) is 47.3 Å². The highest BCUT2D eigenvalue weighted by atomic mass is 16.5. The molecule has 2 amide bonds. The van der Waals surface area contributed by atoms with Gasteiger partial charge in [0.05, 0.1) is 14.2 Å². The molecule has 0 bridgehead atoms. The highest BCUT2D eigenvalue weighted by Gasteiger charge is 2.35. The molecule has 3 rings (SSSR count). The molecule has 1 aliphatic heterocycles. The Balaban J connectivity index is 1.93.